The van der Waals surface area contributed by atoms with E-state index in [1.807, 2.05) is 23.1 Å². The van der Waals surface area contributed by atoms with E-state index in [-0.39, 0.29) is 18.1 Å². The number of piperidine rings is 1. The number of likely N-dealkylation sites (tertiary alicyclic amines) is 1. The number of nitrogens with two attached hydrogens (primary N) is 1. The minimum atomic E-state index is -0.109. The van der Waals surface area contributed by atoms with Crippen molar-refractivity contribution < 1.29 is 9.53 Å². The first kappa shape index (κ1) is 22.1. The maximum absolute atomic E-state index is 13.4. The highest BCUT2D eigenvalue weighted by Gasteiger charge is 2.38. The fraction of sp³-hybridized carbons (Fsp3) is 0.321. The number of hydrogen-bond acceptors (Lipinski definition) is 7. The van der Waals surface area contributed by atoms with Gasteiger partial charge in [0.15, 0.2) is 0 Å². The van der Waals surface area contributed by atoms with Gasteiger partial charge in [0.1, 0.15) is 30.0 Å². The maximum atomic E-state index is 13.4. The Hall–Kier alpha value is -4.11. The average Bonchev–Trinajstić information content (AvgIpc) is 3.48. The van der Waals surface area contributed by atoms with E-state index < -0.39 is 0 Å². The quantitative estimate of drug-likeness (QED) is 0.448. The van der Waals surface area contributed by atoms with Gasteiger partial charge in [0.2, 0.25) is 0 Å². The number of carbonyl (C=O) groups is 1. The van der Waals surface area contributed by atoms with E-state index in [0.717, 1.165) is 65.5 Å². The molecule has 0 aliphatic carbocycles. The zero-order valence-corrected chi connectivity index (χ0v) is 20.5. The van der Waals surface area contributed by atoms with E-state index in [2.05, 4.69) is 55.1 Å². The number of benzene rings is 2. The van der Waals surface area contributed by atoms with Crippen LogP contribution in [0.5, 0.6) is 5.75 Å². The number of rotatable bonds is 4. The molecule has 4 aromatic rings. The minimum absolute atomic E-state index is 0.00973. The zero-order valence-electron chi connectivity index (χ0n) is 20.5. The van der Waals surface area contributed by atoms with Crippen LogP contribution in [0.4, 0.5) is 11.4 Å². The Morgan fingerprint density at radius 2 is 1.97 bits per heavy atom. The summed E-state index contributed by atoms with van der Waals surface area (Å²) in [7, 11) is 0. The second-order valence-electron chi connectivity index (χ2n) is 9.99. The van der Waals surface area contributed by atoms with E-state index >= 15 is 0 Å². The first-order valence-corrected chi connectivity index (χ1v) is 12.9. The number of para-hydroxylation sites is 1. The van der Waals surface area contributed by atoms with Crippen LogP contribution in [0, 0.1) is 0 Å². The van der Waals surface area contributed by atoms with Gasteiger partial charge in [0.05, 0.1) is 24.5 Å². The summed E-state index contributed by atoms with van der Waals surface area (Å²) in [5, 5.41) is 4.88. The van der Waals surface area contributed by atoms with Crippen molar-refractivity contribution in [2.45, 2.75) is 31.6 Å². The van der Waals surface area contributed by atoms with Gasteiger partial charge in [-0.3, -0.25) is 4.79 Å². The first-order valence-electron chi connectivity index (χ1n) is 12.9. The summed E-state index contributed by atoms with van der Waals surface area (Å²) < 4.78 is 8.36. The van der Waals surface area contributed by atoms with Crippen LogP contribution in [0.1, 0.15) is 40.9 Å². The van der Waals surface area contributed by atoms with Crippen LogP contribution >= 0.6 is 0 Å². The minimum Gasteiger partial charge on any atom is -0.489 e. The largest absolute Gasteiger partial charge is 0.489 e. The first-order chi connectivity index (χ1) is 18.2. The van der Waals surface area contributed by atoms with Crippen molar-refractivity contribution in [3.63, 3.8) is 0 Å². The number of nitrogens with zero attached hydrogens (tertiary/aromatic N) is 5. The van der Waals surface area contributed by atoms with Gasteiger partial charge >= 0.3 is 0 Å². The van der Waals surface area contributed by atoms with Crippen LogP contribution in [0.3, 0.4) is 0 Å². The summed E-state index contributed by atoms with van der Waals surface area (Å²) in [6.07, 6.45) is 5.34. The predicted molar refractivity (Wildman–Crippen MR) is 142 cm³/mol. The second kappa shape index (κ2) is 8.77. The molecular formula is C28H29N7O2. The molecule has 3 aliphatic rings. The molecule has 7 rings (SSSR count). The van der Waals surface area contributed by atoms with Gasteiger partial charge in [0, 0.05) is 48.0 Å². The summed E-state index contributed by atoms with van der Waals surface area (Å²) >= 11 is 0. The molecule has 188 valence electrons. The number of ether oxygens (including phenoxy) is 1. The number of amides is 1. The van der Waals surface area contributed by atoms with Crippen molar-refractivity contribution in [3.8, 4) is 5.75 Å². The third kappa shape index (κ3) is 3.77. The Labute approximate surface area is 214 Å². The molecule has 2 aromatic heterocycles. The van der Waals surface area contributed by atoms with Gasteiger partial charge in [-0.25, -0.2) is 9.97 Å². The lowest BCUT2D eigenvalue weighted by Crippen LogP contribution is -2.45. The molecule has 37 heavy (non-hydrogen) atoms. The van der Waals surface area contributed by atoms with Crippen LogP contribution in [-0.2, 0) is 6.54 Å². The highest BCUT2D eigenvalue weighted by atomic mass is 16.5. The summed E-state index contributed by atoms with van der Waals surface area (Å²) in [6, 6.07) is 16.3. The molecule has 1 fully saturated rings. The molecule has 1 unspecified atom stereocenters. The molecule has 1 saturated heterocycles. The third-order valence-corrected chi connectivity index (χ3v) is 7.59. The Balaban J connectivity index is 1.27. The number of carbonyl (C=O) groups excluding carboxylic acids is 1. The Morgan fingerprint density at radius 1 is 1.11 bits per heavy atom. The standard InChI is InChI=1S/C28H29N7O2/c29-20-6-3-10-33(16-20)28(36)19-13-21-26-24(15-19)37-12-11-34(26)27(32-21)23-14-18-5-1-2-7-22(18)35(23)17-25-30-8-4-9-31-25/h1-2,4-5,7-9,13-15,20,27,32H,3,6,10-12,16-17,29H2/t20?,27-/m1/s1. The average molecular weight is 496 g/mol. The molecule has 0 radical (unpaired) electrons. The molecule has 2 aromatic carbocycles. The summed E-state index contributed by atoms with van der Waals surface area (Å²) in [6.45, 7) is 3.20. The molecule has 9 heteroatoms. The van der Waals surface area contributed by atoms with Crippen molar-refractivity contribution in [1.29, 1.82) is 0 Å². The van der Waals surface area contributed by atoms with Crippen LogP contribution in [-0.4, -0.2) is 57.6 Å². The van der Waals surface area contributed by atoms with Crippen molar-refractivity contribution in [2.24, 2.45) is 5.73 Å². The van der Waals surface area contributed by atoms with Gasteiger partial charge in [-0.15, -0.1) is 0 Å². The van der Waals surface area contributed by atoms with E-state index in [9.17, 15) is 4.79 Å². The molecule has 0 spiro atoms. The van der Waals surface area contributed by atoms with Gasteiger partial charge in [-0.05, 0) is 43.2 Å². The van der Waals surface area contributed by atoms with Crippen molar-refractivity contribution >= 4 is 28.2 Å². The molecule has 5 heterocycles. The number of anilines is 2. The normalized spacial score (nSPS) is 20.5. The molecule has 3 N–H and O–H groups in total. The van der Waals surface area contributed by atoms with Gasteiger partial charge in [0.25, 0.3) is 5.91 Å². The highest BCUT2D eigenvalue weighted by molar-refractivity contribution is 5.99. The number of aromatic nitrogens is 3. The predicted octanol–water partition coefficient (Wildman–Crippen LogP) is 3.37. The van der Waals surface area contributed by atoms with E-state index in [1.54, 1.807) is 12.4 Å². The van der Waals surface area contributed by atoms with Crippen LogP contribution in [0.25, 0.3) is 10.9 Å². The smallest absolute Gasteiger partial charge is 0.254 e. The molecule has 1 amide bonds. The summed E-state index contributed by atoms with van der Waals surface area (Å²) in [5.41, 5.74) is 11.0. The molecule has 0 bridgehead atoms. The summed E-state index contributed by atoms with van der Waals surface area (Å²) in [4.78, 5) is 26.6. The molecule has 9 nitrogen and oxygen atoms in total. The van der Waals surface area contributed by atoms with Gasteiger partial charge < -0.3 is 30.2 Å². The molecular weight excluding hydrogens is 466 g/mol. The zero-order chi connectivity index (χ0) is 24.9. The van der Waals surface area contributed by atoms with Crippen molar-refractivity contribution in [1.82, 2.24) is 19.4 Å². The third-order valence-electron chi connectivity index (χ3n) is 7.59. The van der Waals surface area contributed by atoms with E-state index in [4.69, 9.17) is 10.5 Å². The van der Waals surface area contributed by atoms with Crippen molar-refractivity contribution in [2.75, 3.05) is 36.5 Å². The summed E-state index contributed by atoms with van der Waals surface area (Å²) in [5.74, 6) is 1.52. The van der Waals surface area contributed by atoms with Crippen LogP contribution < -0.4 is 20.7 Å². The Bertz CT molecular complexity index is 1480. The van der Waals surface area contributed by atoms with Crippen LogP contribution in [0.15, 0.2) is 60.9 Å². The number of nitrogens with one attached hydrogen (secondary N) is 1. The molecule has 3 aliphatic heterocycles. The van der Waals surface area contributed by atoms with Gasteiger partial charge in [-0.1, -0.05) is 18.2 Å². The highest BCUT2D eigenvalue weighted by Crippen LogP contribution is 2.50. The number of fused-ring (bicyclic) bond motifs is 1. The Kier molecular flexibility index (Phi) is 5.24. The second-order valence-corrected chi connectivity index (χ2v) is 9.99. The number of hydrogen-bond donors (Lipinski definition) is 2. The SMILES string of the molecule is NC1CCCN(C(=O)c2cc3c4c(c2)OCCN4[C@H](c2cc4ccccc4n2Cc2ncccn2)N3)C1. The Morgan fingerprint density at radius 3 is 2.84 bits per heavy atom. The lowest BCUT2D eigenvalue weighted by Gasteiger charge is -2.33. The molecule has 2 atom stereocenters. The van der Waals surface area contributed by atoms with Gasteiger partial charge in [-0.2, -0.15) is 0 Å². The fourth-order valence-electron chi connectivity index (χ4n) is 5.90. The molecule has 0 saturated carbocycles. The van der Waals surface area contributed by atoms with E-state index in [0.29, 0.717) is 25.3 Å². The van der Waals surface area contributed by atoms with Crippen LogP contribution in [0.2, 0.25) is 0 Å². The topological polar surface area (TPSA) is 102 Å². The lowest BCUT2D eigenvalue weighted by molar-refractivity contribution is 0.0708. The monoisotopic (exact) mass is 495 g/mol. The van der Waals surface area contributed by atoms with Crippen molar-refractivity contribution in [3.05, 3.63) is 78.0 Å². The maximum Gasteiger partial charge on any atom is 0.254 e. The fourth-order valence-corrected chi connectivity index (χ4v) is 5.90. The lowest BCUT2D eigenvalue weighted by atomic mass is 10.0. The van der Waals surface area contributed by atoms with E-state index in [1.165, 1.54) is 0 Å².